The molecule has 0 amide bonds. The van der Waals surface area contributed by atoms with E-state index in [0.29, 0.717) is 36.4 Å². The maximum absolute atomic E-state index is 14.2. The second-order valence-corrected chi connectivity index (χ2v) is 6.96. The molecule has 2 N–H and O–H groups in total. The van der Waals surface area contributed by atoms with Crippen LogP contribution in [0.3, 0.4) is 0 Å². The molecule has 2 atom stereocenters. The number of nitrogens with zero attached hydrogens (tertiary/aromatic N) is 3. The molecule has 0 unspecified atom stereocenters. The average Bonchev–Trinajstić information content (AvgIpc) is 3.12. The first kappa shape index (κ1) is 19.2. The molecule has 4 rings (SSSR count). The first-order valence-corrected chi connectivity index (χ1v) is 9.07. The maximum atomic E-state index is 14.2. The Hall–Kier alpha value is -3.13. The number of anilines is 1. The van der Waals surface area contributed by atoms with Crippen molar-refractivity contribution in [3.63, 3.8) is 0 Å². The summed E-state index contributed by atoms with van der Waals surface area (Å²) in [7, 11) is 1.59. The van der Waals surface area contributed by atoms with Gasteiger partial charge in [-0.05, 0) is 23.8 Å². The molecule has 1 fully saturated rings. The van der Waals surface area contributed by atoms with Crippen LogP contribution in [0.4, 0.5) is 19.0 Å². The summed E-state index contributed by atoms with van der Waals surface area (Å²) in [5.74, 6) is -2.26. The fourth-order valence-corrected chi connectivity index (χ4v) is 3.63. The van der Waals surface area contributed by atoms with Crippen molar-refractivity contribution >= 4 is 5.82 Å². The first-order chi connectivity index (χ1) is 14.0. The summed E-state index contributed by atoms with van der Waals surface area (Å²) in [5, 5.41) is 0. The number of methoxy groups -OCH3 is 1. The smallest absolute Gasteiger partial charge is 0.161 e. The van der Waals surface area contributed by atoms with Gasteiger partial charge in [0.1, 0.15) is 23.7 Å². The Balaban J connectivity index is 1.61. The molecule has 2 heterocycles. The summed E-state index contributed by atoms with van der Waals surface area (Å²) in [5.41, 5.74) is 7.83. The van der Waals surface area contributed by atoms with Gasteiger partial charge in [-0.3, -0.25) is 0 Å². The summed E-state index contributed by atoms with van der Waals surface area (Å²) >= 11 is 0. The molecule has 0 radical (unpaired) electrons. The highest BCUT2D eigenvalue weighted by Gasteiger charge is 2.34. The second kappa shape index (κ2) is 7.71. The Morgan fingerprint density at radius 3 is 2.59 bits per heavy atom. The zero-order valence-corrected chi connectivity index (χ0v) is 15.6. The molecule has 0 bridgehead atoms. The Morgan fingerprint density at radius 2 is 1.79 bits per heavy atom. The highest BCUT2D eigenvalue weighted by molar-refractivity contribution is 5.64. The van der Waals surface area contributed by atoms with Gasteiger partial charge in [0.25, 0.3) is 0 Å². The van der Waals surface area contributed by atoms with Gasteiger partial charge >= 0.3 is 0 Å². The minimum Gasteiger partial charge on any atom is -0.497 e. The lowest BCUT2D eigenvalue weighted by molar-refractivity contribution is 0.415. The molecule has 29 heavy (non-hydrogen) atoms. The van der Waals surface area contributed by atoms with Crippen molar-refractivity contribution in [1.82, 2.24) is 9.97 Å². The van der Waals surface area contributed by atoms with Crippen LogP contribution >= 0.6 is 0 Å². The summed E-state index contributed by atoms with van der Waals surface area (Å²) in [6.07, 6.45) is 1.45. The summed E-state index contributed by atoms with van der Waals surface area (Å²) in [4.78, 5) is 10.5. The molecule has 3 aromatic rings. The van der Waals surface area contributed by atoms with Crippen molar-refractivity contribution in [3.8, 4) is 17.0 Å². The van der Waals surface area contributed by atoms with Crippen molar-refractivity contribution in [1.29, 1.82) is 0 Å². The van der Waals surface area contributed by atoms with Crippen LogP contribution in [0.5, 0.6) is 5.75 Å². The number of halogens is 3. The quantitative estimate of drug-likeness (QED) is 0.679. The minimum atomic E-state index is -1.21. The van der Waals surface area contributed by atoms with Crippen molar-refractivity contribution < 1.29 is 17.9 Å². The number of hydrogen-bond donors (Lipinski definition) is 1. The van der Waals surface area contributed by atoms with E-state index in [4.69, 9.17) is 10.5 Å². The van der Waals surface area contributed by atoms with Crippen LogP contribution < -0.4 is 15.4 Å². The van der Waals surface area contributed by atoms with Gasteiger partial charge in [-0.25, -0.2) is 23.1 Å². The predicted molar refractivity (Wildman–Crippen MR) is 103 cm³/mol. The Morgan fingerprint density at radius 1 is 1.00 bits per heavy atom. The molecule has 1 aromatic heterocycles. The molecule has 1 saturated heterocycles. The molecule has 150 valence electrons. The number of rotatable bonds is 4. The van der Waals surface area contributed by atoms with Gasteiger partial charge in [-0.2, -0.15) is 0 Å². The summed E-state index contributed by atoms with van der Waals surface area (Å²) in [6.45, 7) is 0.732. The van der Waals surface area contributed by atoms with E-state index in [1.54, 1.807) is 7.11 Å². The van der Waals surface area contributed by atoms with Crippen LogP contribution in [0.25, 0.3) is 11.3 Å². The third kappa shape index (κ3) is 3.75. The molecule has 0 saturated carbocycles. The highest BCUT2D eigenvalue weighted by atomic mass is 19.2. The molecule has 1 aliphatic rings. The zero-order valence-electron chi connectivity index (χ0n) is 15.6. The van der Waals surface area contributed by atoms with Gasteiger partial charge in [0, 0.05) is 42.7 Å². The van der Waals surface area contributed by atoms with E-state index >= 15 is 0 Å². The second-order valence-electron chi connectivity index (χ2n) is 6.96. The maximum Gasteiger partial charge on any atom is 0.161 e. The first-order valence-electron chi connectivity index (χ1n) is 9.07. The largest absolute Gasteiger partial charge is 0.497 e. The zero-order chi connectivity index (χ0) is 20.5. The predicted octanol–water partition coefficient (Wildman–Crippen LogP) is 3.50. The lowest BCUT2D eigenvalue weighted by Gasteiger charge is -2.18. The lowest BCUT2D eigenvalue weighted by atomic mass is 9.94. The van der Waals surface area contributed by atoms with E-state index in [0.717, 1.165) is 11.6 Å². The third-order valence-corrected chi connectivity index (χ3v) is 5.15. The van der Waals surface area contributed by atoms with E-state index < -0.39 is 29.4 Å². The van der Waals surface area contributed by atoms with E-state index in [1.165, 1.54) is 6.33 Å². The van der Waals surface area contributed by atoms with Crippen LogP contribution in [-0.4, -0.2) is 36.2 Å². The van der Waals surface area contributed by atoms with Gasteiger partial charge in [0.15, 0.2) is 11.6 Å². The van der Waals surface area contributed by atoms with Crippen LogP contribution in [0.1, 0.15) is 11.5 Å². The molecule has 0 aliphatic carbocycles. The van der Waals surface area contributed by atoms with Crippen LogP contribution in [-0.2, 0) is 0 Å². The molecule has 1 aliphatic heterocycles. The van der Waals surface area contributed by atoms with E-state index in [1.807, 2.05) is 35.2 Å². The minimum absolute atomic E-state index is 0.0703. The van der Waals surface area contributed by atoms with Crippen LogP contribution in [0.2, 0.25) is 0 Å². The number of hydrogen-bond acceptors (Lipinski definition) is 5. The topological polar surface area (TPSA) is 64.3 Å². The van der Waals surface area contributed by atoms with Crippen molar-refractivity contribution in [3.05, 3.63) is 71.8 Å². The van der Waals surface area contributed by atoms with Gasteiger partial charge in [0.05, 0.1) is 12.8 Å². The van der Waals surface area contributed by atoms with Crippen molar-refractivity contribution in [2.24, 2.45) is 5.73 Å². The molecular weight excluding hydrogens is 381 g/mol. The average molecular weight is 400 g/mol. The fraction of sp³-hybridized carbons (Fsp3) is 0.238. The number of ether oxygens (including phenoxy) is 1. The van der Waals surface area contributed by atoms with Crippen LogP contribution in [0.15, 0.2) is 48.8 Å². The van der Waals surface area contributed by atoms with E-state index in [-0.39, 0.29) is 5.56 Å². The van der Waals surface area contributed by atoms with E-state index in [9.17, 15) is 13.2 Å². The van der Waals surface area contributed by atoms with Gasteiger partial charge in [-0.15, -0.1) is 0 Å². The summed E-state index contributed by atoms with van der Waals surface area (Å²) in [6, 6.07) is 10.3. The van der Waals surface area contributed by atoms with Crippen LogP contribution in [0, 0.1) is 17.5 Å². The van der Waals surface area contributed by atoms with Crippen molar-refractivity contribution in [2.45, 2.75) is 12.0 Å². The number of benzene rings is 2. The fourth-order valence-electron chi connectivity index (χ4n) is 3.63. The third-order valence-electron chi connectivity index (χ3n) is 5.15. The molecular formula is C21H19F3N4O. The molecule has 8 heteroatoms. The number of nitrogens with two attached hydrogens (primary N) is 1. The van der Waals surface area contributed by atoms with E-state index in [2.05, 4.69) is 9.97 Å². The SMILES string of the molecule is COc1cccc(-c2cc(N3C[C@H](c4cc(F)c(F)cc4F)[C@@H](N)C3)ncn2)c1. The van der Waals surface area contributed by atoms with Gasteiger partial charge in [0.2, 0.25) is 0 Å². The lowest BCUT2D eigenvalue weighted by Crippen LogP contribution is -2.29. The Bertz CT molecular complexity index is 1050. The normalized spacial score (nSPS) is 18.9. The standard InChI is InChI=1S/C21H19F3N4O/c1-29-13-4-2-3-12(5-13)20-8-21(27-11-26-20)28-9-15(19(25)10-28)14-6-17(23)18(24)7-16(14)22/h2-8,11,15,19H,9-10,25H2,1H3/t15-,19+/m1/s1. The highest BCUT2D eigenvalue weighted by Crippen LogP contribution is 2.33. The summed E-state index contributed by atoms with van der Waals surface area (Å²) < 4.78 is 46.4. The van der Waals surface area contributed by atoms with Gasteiger partial charge in [-0.1, -0.05) is 12.1 Å². The molecule has 2 aromatic carbocycles. The molecule has 0 spiro atoms. The van der Waals surface area contributed by atoms with Gasteiger partial charge < -0.3 is 15.4 Å². The number of aromatic nitrogens is 2. The Labute approximate surface area is 166 Å². The molecule has 5 nitrogen and oxygen atoms in total. The monoisotopic (exact) mass is 400 g/mol. The van der Waals surface area contributed by atoms with Crippen molar-refractivity contribution in [2.75, 3.05) is 25.1 Å². The Kier molecular flexibility index (Phi) is 5.10.